The van der Waals surface area contributed by atoms with E-state index in [0.717, 1.165) is 38.8 Å². The van der Waals surface area contributed by atoms with E-state index in [4.69, 9.17) is 0 Å². The Morgan fingerprint density at radius 1 is 1.11 bits per heavy atom. The molecule has 1 atom stereocenters. The molecule has 2 aromatic rings. The molecule has 7 nitrogen and oxygen atoms in total. The van der Waals surface area contributed by atoms with Gasteiger partial charge >= 0.3 is 6.18 Å². The second-order valence-corrected chi connectivity index (χ2v) is 11.0. The van der Waals surface area contributed by atoms with E-state index in [2.05, 4.69) is 21.2 Å². The van der Waals surface area contributed by atoms with Gasteiger partial charge in [-0.15, -0.1) is 0 Å². The van der Waals surface area contributed by atoms with Crippen LogP contribution >= 0.6 is 15.9 Å². The van der Waals surface area contributed by atoms with Crippen molar-refractivity contribution in [2.45, 2.75) is 45.5 Å². The molecule has 2 amide bonds. The highest BCUT2D eigenvalue weighted by Crippen LogP contribution is 2.32. The Morgan fingerprint density at radius 3 is 2.36 bits per heavy atom. The first-order valence-corrected chi connectivity index (χ1v) is 13.8. The van der Waals surface area contributed by atoms with Crippen LogP contribution in [0.2, 0.25) is 0 Å². The number of alkyl halides is 3. The number of likely N-dealkylation sites (N-methyl/N-ethyl adjacent to an activating group) is 1. The summed E-state index contributed by atoms with van der Waals surface area (Å²) in [5, 5.41) is 2.69. The van der Waals surface area contributed by atoms with Crippen LogP contribution in [0.5, 0.6) is 0 Å². The monoisotopic (exact) mass is 591 g/mol. The Balaban J connectivity index is 2.20. The second kappa shape index (κ2) is 12.6. The first-order chi connectivity index (χ1) is 16.7. The van der Waals surface area contributed by atoms with Crippen LogP contribution in [0.3, 0.4) is 0 Å². The summed E-state index contributed by atoms with van der Waals surface area (Å²) in [5.74, 6) is -0.714. The fourth-order valence-electron chi connectivity index (χ4n) is 3.58. The summed E-state index contributed by atoms with van der Waals surface area (Å²) in [6, 6.07) is 10.5. The van der Waals surface area contributed by atoms with Gasteiger partial charge in [-0.2, -0.15) is 13.2 Å². The second-order valence-electron chi connectivity index (χ2n) is 8.21. The number of benzene rings is 2. The number of nitrogens with one attached hydrogen (secondary N) is 1. The zero-order valence-electron chi connectivity index (χ0n) is 20.2. The molecule has 0 radical (unpaired) electrons. The van der Waals surface area contributed by atoms with Gasteiger partial charge in [0.15, 0.2) is 0 Å². The molecule has 198 valence electrons. The van der Waals surface area contributed by atoms with E-state index in [1.807, 2.05) is 18.2 Å². The third-order valence-electron chi connectivity index (χ3n) is 5.37. The number of anilines is 1. The molecule has 0 aliphatic carbocycles. The molecular weight excluding hydrogens is 563 g/mol. The van der Waals surface area contributed by atoms with E-state index >= 15 is 0 Å². The van der Waals surface area contributed by atoms with Crippen molar-refractivity contribution in [1.82, 2.24) is 10.2 Å². The lowest BCUT2D eigenvalue weighted by molar-refractivity contribution is -0.140. The summed E-state index contributed by atoms with van der Waals surface area (Å²) >= 11 is 3.38. The topological polar surface area (TPSA) is 86.8 Å². The molecule has 1 unspecified atom stereocenters. The van der Waals surface area contributed by atoms with E-state index in [-0.39, 0.29) is 43.4 Å². The van der Waals surface area contributed by atoms with Crippen LogP contribution in [0.1, 0.15) is 37.8 Å². The summed E-state index contributed by atoms with van der Waals surface area (Å²) in [5.41, 5.74) is -0.322. The van der Waals surface area contributed by atoms with Crippen molar-refractivity contribution >= 4 is 43.5 Å². The normalized spacial score (nSPS) is 12.6. The van der Waals surface area contributed by atoms with Crippen LogP contribution in [-0.2, 0) is 32.3 Å². The smallest absolute Gasteiger partial charge is 0.355 e. The summed E-state index contributed by atoms with van der Waals surface area (Å²) in [6.07, 6.45) is -3.80. The standard InChI is InChI=1S/C24H29BrF3N3O4S/c1-4-29-23(33)17(2)30(16-18-8-5-10-20(25)14-18)22(32)12-7-13-31(36(3,34)35)21-11-6-9-19(15-21)24(26,27)28/h5-6,8-11,14-15,17H,4,7,12-13,16H2,1-3H3,(H,29,33). The minimum Gasteiger partial charge on any atom is -0.355 e. The molecule has 0 spiro atoms. The molecule has 0 saturated carbocycles. The number of rotatable bonds is 11. The number of hydrogen-bond donors (Lipinski definition) is 1. The van der Waals surface area contributed by atoms with Crippen LogP contribution < -0.4 is 9.62 Å². The molecule has 0 aromatic heterocycles. The van der Waals surface area contributed by atoms with Crippen molar-refractivity contribution in [2.24, 2.45) is 0 Å². The average Bonchev–Trinajstić information content (AvgIpc) is 2.78. The number of halogens is 4. The summed E-state index contributed by atoms with van der Waals surface area (Å²) in [4.78, 5) is 27.0. The Labute approximate surface area is 217 Å². The van der Waals surface area contributed by atoms with Crippen molar-refractivity contribution in [1.29, 1.82) is 0 Å². The van der Waals surface area contributed by atoms with E-state index in [1.54, 1.807) is 19.9 Å². The van der Waals surface area contributed by atoms with E-state index in [9.17, 15) is 31.2 Å². The number of hydrogen-bond acceptors (Lipinski definition) is 4. The van der Waals surface area contributed by atoms with Gasteiger partial charge in [-0.25, -0.2) is 8.42 Å². The van der Waals surface area contributed by atoms with Crippen molar-refractivity contribution in [3.05, 3.63) is 64.1 Å². The molecular formula is C24H29BrF3N3O4S. The van der Waals surface area contributed by atoms with E-state index in [0.29, 0.717) is 6.54 Å². The largest absolute Gasteiger partial charge is 0.416 e. The summed E-state index contributed by atoms with van der Waals surface area (Å²) < 4.78 is 65.7. The Hall–Kier alpha value is -2.60. The number of sulfonamides is 1. The SMILES string of the molecule is CCNC(=O)C(C)N(Cc1cccc(Br)c1)C(=O)CCCN(c1cccc(C(F)(F)F)c1)S(C)(=O)=O. The fourth-order valence-corrected chi connectivity index (χ4v) is 4.98. The molecule has 0 fully saturated rings. The number of carbonyl (C=O) groups is 2. The lowest BCUT2D eigenvalue weighted by atomic mass is 10.1. The Bertz CT molecular complexity index is 1180. The van der Waals surface area contributed by atoms with E-state index < -0.39 is 27.8 Å². The maximum absolute atomic E-state index is 13.2. The average molecular weight is 592 g/mol. The minimum absolute atomic E-state index is 0.0409. The highest BCUT2D eigenvalue weighted by molar-refractivity contribution is 9.10. The number of nitrogens with zero attached hydrogens (tertiary/aromatic N) is 2. The van der Waals surface area contributed by atoms with Gasteiger partial charge in [-0.3, -0.25) is 13.9 Å². The highest BCUT2D eigenvalue weighted by Gasteiger charge is 2.32. The Kier molecular flexibility index (Phi) is 10.4. The molecule has 1 N–H and O–H groups in total. The zero-order chi connectivity index (χ0) is 27.1. The minimum atomic E-state index is -4.63. The van der Waals surface area contributed by atoms with Crippen LogP contribution in [0.4, 0.5) is 18.9 Å². The van der Waals surface area contributed by atoms with Gasteiger partial charge in [0.1, 0.15) is 6.04 Å². The molecule has 12 heteroatoms. The van der Waals surface area contributed by atoms with Crippen molar-refractivity contribution in [3.8, 4) is 0 Å². The lowest BCUT2D eigenvalue weighted by Crippen LogP contribution is -2.47. The van der Waals surface area contributed by atoms with Gasteiger partial charge in [0, 0.05) is 30.5 Å². The molecule has 2 aromatic carbocycles. The molecule has 2 rings (SSSR count). The summed E-state index contributed by atoms with van der Waals surface area (Å²) in [6.45, 7) is 3.71. The van der Waals surface area contributed by atoms with Crippen molar-refractivity contribution in [2.75, 3.05) is 23.7 Å². The molecule has 0 aliphatic rings. The van der Waals surface area contributed by atoms with Gasteiger partial charge < -0.3 is 10.2 Å². The first-order valence-electron chi connectivity index (χ1n) is 11.2. The fraction of sp³-hybridized carbons (Fsp3) is 0.417. The molecule has 0 saturated heterocycles. The van der Waals surface area contributed by atoms with Gasteiger partial charge in [-0.05, 0) is 56.2 Å². The molecule has 0 bridgehead atoms. The Morgan fingerprint density at radius 2 is 1.78 bits per heavy atom. The van der Waals surface area contributed by atoms with Crippen molar-refractivity contribution in [3.63, 3.8) is 0 Å². The predicted octanol–water partition coefficient (Wildman–Crippen LogP) is 4.57. The third-order valence-corrected chi connectivity index (χ3v) is 7.06. The lowest BCUT2D eigenvalue weighted by Gasteiger charge is -2.29. The quantitative estimate of drug-likeness (QED) is 0.415. The summed E-state index contributed by atoms with van der Waals surface area (Å²) in [7, 11) is -3.92. The molecule has 36 heavy (non-hydrogen) atoms. The molecule has 0 heterocycles. The van der Waals surface area contributed by atoms with Gasteiger partial charge in [0.05, 0.1) is 17.5 Å². The van der Waals surface area contributed by atoms with Crippen LogP contribution in [-0.4, -0.2) is 50.5 Å². The van der Waals surface area contributed by atoms with Crippen LogP contribution in [0, 0.1) is 0 Å². The van der Waals surface area contributed by atoms with Crippen LogP contribution in [0.25, 0.3) is 0 Å². The van der Waals surface area contributed by atoms with Crippen LogP contribution in [0.15, 0.2) is 53.0 Å². The van der Waals surface area contributed by atoms with Gasteiger partial charge in [0.25, 0.3) is 0 Å². The molecule has 0 aliphatic heterocycles. The van der Waals surface area contributed by atoms with E-state index in [1.165, 1.54) is 11.0 Å². The first kappa shape index (κ1) is 29.6. The number of amides is 2. The number of carbonyl (C=O) groups excluding carboxylic acids is 2. The predicted molar refractivity (Wildman–Crippen MR) is 136 cm³/mol. The van der Waals surface area contributed by atoms with Crippen molar-refractivity contribution < 1.29 is 31.2 Å². The third kappa shape index (κ3) is 8.51. The van der Waals surface area contributed by atoms with Gasteiger partial charge in [0.2, 0.25) is 21.8 Å². The maximum atomic E-state index is 13.2. The maximum Gasteiger partial charge on any atom is 0.416 e. The highest BCUT2D eigenvalue weighted by atomic mass is 79.9. The van der Waals surface area contributed by atoms with Gasteiger partial charge in [-0.1, -0.05) is 34.1 Å². The zero-order valence-corrected chi connectivity index (χ0v) is 22.6.